The van der Waals surface area contributed by atoms with E-state index < -0.39 is 28.7 Å². The molecule has 0 saturated heterocycles. The van der Waals surface area contributed by atoms with Gasteiger partial charge in [-0.05, 0) is 61.4 Å². The van der Waals surface area contributed by atoms with E-state index in [1.54, 1.807) is 6.07 Å². The van der Waals surface area contributed by atoms with Crippen LogP contribution in [0, 0.1) is 26.7 Å². The Kier molecular flexibility index (Phi) is 10.7. The molecule has 0 heterocycles. The van der Waals surface area contributed by atoms with Gasteiger partial charge in [-0.2, -0.15) is 12.7 Å². The lowest BCUT2D eigenvalue weighted by Crippen LogP contribution is -2.53. The van der Waals surface area contributed by atoms with Gasteiger partial charge in [0.05, 0.1) is 5.69 Å². The third kappa shape index (κ3) is 7.79. The Labute approximate surface area is 222 Å². The van der Waals surface area contributed by atoms with E-state index in [-0.39, 0.29) is 18.4 Å². The summed E-state index contributed by atoms with van der Waals surface area (Å²) in [6.07, 6.45) is 0.394. The summed E-state index contributed by atoms with van der Waals surface area (Å²) in [5.74, 6) is -0.431. The van der Waals surface area contributed by atoms with Crippen LogP contribution >= 0.6 is 0 Å². The molecular weight excluding hydrogens is 488 g/mol. The number of nitrogens with one attached hydrogen (secondary N) is 1. The molecule has 9 heteroatoms. The minimum Gasteiger partial charge on any atom is -0.354 e. The highest BCUT2D eigenvalue weighted by Crippen LogP contribution is 2.26. The highest BCUT2D eigenvalue weighted by Gasteiger charge is 2.34. The zero-order valence-corrected chi connectivity index (χ0v) is 24.2. The zero-order valence-electron chi connectivity index (χ0n) is 23.4. The quantitative estimate of drug-likeness (QED) is 0.452. The van der Waals surface area contributed by atoms with Crippen molar-refractivity contribution in [1.29, 1.82) is 0 Å². The first-order valence-electron chi connectivity index (χ1n) is 12.7. The number of aryl methyl sites for hydroxylation is 3. The Hall–Kier alpha value is -2.91. The maximum Gasteiger partial charge on any atom is 0.304 e. The van der Waals surface area contributed by atoms with Crippen LogP contribution in [0.1, 0.15) is 49.4 Å². The fourth-order valence-electron chi connectivity index (χ4n) is 4.00. The monoisotopic (exact) mass is 530 g/mol. The molecule has 2 rings (SSSR count). The number of hydrogen-bond donors (Lipinski definition) is 1. The number of amides is 2. The maximum absolute atomic E-state index is 14.0. The van der Waals surface area contributed by atoms with Crippen LogP contribution < -0.4 is 9.62 Å². The second kappa shape index (κ2) is 13.1. The van der Waals surface area contributed by atoms with Crippen LogP contribution in [0.25, 0.3) is 0 Å². The van der Waals surface area contributed by atoms with Gasteiger partial charge in [0.1, 0.15) is 12.6 Å². The molecule has 37 heavy (non-hydrogen) atoms. The van der Waals surface area contributed by atoms with Gasteiger partial charge in [-0.3, -0.25) is 9.59 Å². The number of benzene rings is 2. The van der Waals surface area contributed by atoms with E-state index in [4.69, 9.17) is 0 Å². The number of carbonyl (C=O) groups is 2. The molecule has 0 bridgehead atoms. The van der Waals surface area contributed by atoms with Crippen LogP contribution in [0.5, 0.6) is 0 Å². The normalized spacial score (nSPS) is 12.5. The van der Waals surface area contributed by atoms with Crippen molar-refractivity contribution < 1.29 is 18.0 Å². The molecule has 0 unspecified atom stereocenters. The number of anilines is 1. The molecule has 0 aliphatic carbocycles. The van der Waals surface area contributed by atoms with Crippen LogP contribution in [0.3, 0.4) is 0 Å². The third-order valence-corrected chi connectivity index (χ3v) is 8.13. The van der Waals surface area contributed by atoms with E-state index in [0.717, 1.165) is 30.9 Å². The topological polar surface area (TPSA) is 90.0 Å². The van der Waals surface area contributed by atoms with Crippen LogP contribution in [-0.4, -0.2) is 62.7 Å². The van der Waals surface area contributed by atoms with Gasteiger partial charge >= 0.3 is 10.2 Å². The second-order valence-corrected chi connectivity index (χ2v) is 12.2. The second-order valence-electron chi connectivity index (χ2n) is 10.1. The minimum atomic E-state index is -4.00. The van der Waals surface area contributed by atoms with Crippen molar-refractivity contribution in [3.8, 4) is 0 Å². The van der Waals surface area contributed by atoms with Crippen molar-refractivity contribution in [1.82, 2.24) is 14.5 Å². The van der Waals surface area contributed by atoms with Gasteiger partial charge in [-0.15, -0.1) is 0 Å². The summed E-state index contributed by atoms with van der Waals surface area (Å²) in [4.78, 5) is 28.7. The third-order valence-electron chi connectivity index (χ3n) is 6.32. The van der Waals surface area contributed by atoms with Crippen molar-refractivity contribution in [3.05, 3.63) is 64.7 Å². The Morgan fingerprint density at radius 2 is 1.62 bits per heavy atom. The Morgan fingerprint density at radius 1 is 0.973 bits per heavy atom. The number of nitrogens with zero attached hydrogens (tertiary/aromatic N) is 3. The molecule has 0 spiro atoms. The fourth-order valence-corrected chi connectivity index (χ4v) is 5.12. The Balaban J connectivity index is 2.55. The van der Waals surface area contributed by atoms with Crippen molar-refractivity contribution in [2.75, 3.05) is 31.5 Å². The predicted octanol–water partition coefficient (Wildman–Crippen LogP) is 3.80. The largest absolute Gasteiger partial charge is 0.354 e. The summed E-state index contributed by atoms with van der Waals surface area (Å²) in [5.41, 5.74) is 3.94. The van der Waals surface area contributed by atoms with Crippen LogP contribution in [0.15, 0.2) is 42.5 Å². The standard InChI is InChI=1S/C28H42N4O4S/c1-9-25(28(34)29-17-20(2)3)31(18-24-13-11-10-12-22(24)5)27(33)19-32(37(35,36)30(7)8)26-16-21(4)14-15-23(26)6/h10-16,20,25H,9,17-19H2,1-8H3,(H,29,34)/t25-/m0/s1. The molecule has 2 aromatic rings. The molecule has 2 amide bonds. The Bertz CT molecular complexity index is 1190. The molecule has 0 radical (unpaired) electrons. The molecule has 0 aromatic heterocycles. The van der Waals surface area contributed by atoms with E-state index in [1.807, 2.05) is 77.9 Å². The molecule has 0 aliphatic heterocycles. The molecule has 0 saturated carbocycles. The lowest BCUT2D eigenvalue weighted by Gasteiger charge is -2.34. The predicted molar refractivity (Wildman–Crippen MR) is 150 cm³/mol. The molecule has 8 nitrogen and oxygen atoms in total. The highest BCUT2D eigenvalue weighted by molar-refractivity contribution is 7.90. The minimum absolute atomic E-state index is 0.196. The van der Waals surface area contributed by atoms with E-state index >= 15 is 0 Å². The van der Waals surface area contributed by atoms with Gasteiger partial charge in [0.25, 0.3) is 0 Å². The first-order valence-corrected chi connectivity index (χ1v) is 14.1. The number of rotatable bonds is 12. The summed E-state index contributed by atoms with van der Waals surface area (Å²) in [7, 11) is -1.11. The van der Waals surface area contributed by atoms with Crippen LogP contribution in [-0.2, 0) is 26.3 Å². The first-order chi connectivity index (χ1) is 17.3. The molecule has 2 aromatic carbocycles. The van der Waals surface area contributed by atoms with Crippen LogP contribution in [0.4, 0.5) is 5.69 Å². The molecule has 1 N–H and O–H groups in total. The van der Waals surface area contributed by atoms with Gasteiger partial charge < -0.3 is 10.2 Å². The smallest absolute Gasteiger partial charge is 0.304 e. The molecule has 204 valence electrons. The van der Waals surface area contributed by atoms with Gasteiger partial charge in [-0.25, -0.2) is 4.31 Å². The molecule has 0 fully saturated rings. The van der Waals surface area contributed by atoms with Crippen molar-refractivity contribution in [2.45, 2.75) is 60.5 Å². The lowest BCUT2D eigenvalue weighted by atomic mass is 10.1. The summed E-state index contributed by atoms with van der Waals surface area (Å²) < 4.78 is 29.1. The Morgan fingerprint density at radius 3 is 2.19 bits per heavy atom. The van der Waals surface area contributed by atoms with Crippen molar-refractivity contribution in [2.24, 2.45) is 5.92 Å². The molecular formula is C28H42N4O4S. The molecule has 0 aliphatic rings. The number of hydrogen-bond acceptors (Lipinski definition) is 4. The van der Waals surface area contributed by atoms with E-state index in [1.165, 1.54) is 19.0 Å². The van der Waals surface area contributed by atoms with Gasteiger partial charge in [0, 0.05) is 27.2 Å². The van der Waals surface area contributed by atoms with Crippen LogP contribution in [0.2, 0.25) is 0 Å². The average molecular weight is 531 g/mol. The summed E-state index contributed by atoms with van der Waals surface area (Å²) in [5, 5.41) is 2.95. The van der Waals surface area contributed by atoms with E-state index in [0.29, 0.717) is 18.7 Å². The summed E-state index contributed by atoms with van der Waals surface area (Å²) in [6.45, 7) is 11.8. The van der Waals surface area contributed by atoms with Crippen molar-refractivity contribution in [3.63, 3.8) is 0 Å². The number of carbonyl (C=O) groups excluding carboxylic acids is 2. The SMILES string of the molecule is CC[C@@H](C(=O)NCC(C)C)N(Cc1ccccc1C)C(=O)CN(c1cc(C)ccc1C)S(=O)(=O)N(C)C. The van der Waals surface area contributed by atoms with Gasteiger partial charge in [0.2, 0.25) is 11.8 Å². The maximum atomic E-state index is 14.0. The molecule has 1 atom stereocenters. The van der Waals surface area contributed by atoms with Gasteiger partial charge in [0.15, 0.2) is 0 Å². The average Bonchev–Trinajstić information content (AvgIpc) is 2.83. The summed E-state index contributed by atoms with van der Waals surface area (Å²) in [6, 6.07) is 12.5. The van der Waals surface area contributed by atoms with Gasteiger partial charge in [-0.1, -0.05) is 57.2 Å². The van der Waals surface area contributed by atoms with E-state index in [9.17, 15) is 18.0 Å². The lowest BCUT2D eigenvalue weighted by molar-refractivity contribution is -0.140. The zero-order chi connectivity index (χ0) is 27.9. The first kappa shape index (κ1) is 30.3. The van der Waals surface area contributed by atoms with Crippen molar-refractivity contribution >= 4 is 27.7 Å². The van der Waals surface area contributed by atoms with E-state index in [2.05, 4.69) is 5.32 Å². The highest BCUT2D eigenvalue weighted by atomic mass is 32.2. The fraction of sp³-hybridized carbons (Fsp3) is 0.500. The summed E-state index contributed by atoms with van der Waals surface area (Å²) >= 11 is 0.